The maximum absolute atomic E-state index is 3.97. The van der Waals surface area contributed by atoms with Gasteiger partial charge in [-0.1, -0.05) is 19.9 Å². The first-order valence-electron chi connectivity index (χ1n) is 7.71. The summed E-state index contributed by atoms with van der Waals surface area (Å²) >= 11 is 0. The summed E-state index contributed by atoms with van der Waals surface area (Å²) in [6, 6.07) is 0.650. The molecule has 0 aliphatic heterocycles. The molecule has 3 unspecified atom stereocenters. The molecule has 0 spiro atoms. The van der Waals surface area contributed by atoms with Gasteiger partial charge in [0.15, 0.2) is 0 Å². The molecule has 0 heterocycles. The highest BCUT2D eigenvalue weighted by molar-refractivity contribution is 5.13. The van der Waals surface area contributed by atoms with Crippen molar-refractivity contribution in [3.63, 3.8) is 0 Å². The highest BCUT2D eigenvalue weighted by Gasteiger charge is 2.61. The summed E-state index contributed by atoms with van der Waals surface area (Å²) in [7, 11) is 2.15. The van der Waals surface area contributed by atoms with Crippen LogP contribution in [0.5, 0.6) is 0 Å². The van der Waals surface area contributed by atoms with Crippen molar-refractivity contribution >= 4 is 0 Å². The van der Waals surface area contributed by atoms with Crippen LogP contribution in [0.2, 0.25) is 0 Å². The number of nitrogens with one attached hydrogen (secondary N) is 1. The van der Waals surface area contributed by atoms with Crippen LogP contribution in [0.15, 0.2) is 12.7 Å². The fourth-order valence-electron chi connectivity index (χ4n) is 6.77. The molecule has 4 aliphatic rings. The third kappa shape index (κ3) is 1.78. The van der Waals surface area contributed by atoms with E-state index in [4.69, 9.17) is 0 Å². The van der Waals surface area contributed by atoms with E-state index in [1.165, 1.54) is 38.5 Å². The normalized spacial score (nSPS) is 51.4. The molecule has 4 bridgehead atoms. The van der Waals surface area contributed by atoms with Crippen LogP contribution in [-0.4, -0.2) is 13.1 Å². The second kappa shape index (κ2) is 3.85. The molecule has 1 nitrogen and oxygen atoms in total. The molecule has 0 radical (unpaired) electrons. The molecule has 4 rings (SSSR count). The van der Waals surface area contributed by atoms with Gasteiger partial charge in [-0.2, -0.15) is 0 Å². The van der Waals surface area contributed by atoms with Crippen molar-refractivity contribution in [2.45, 2.75) is 64.8 Å². The van der Waals surface area contributed by atoms with Crippen molar-refractivity contribution < 1.29 is 0 Å². The summed E-state index contributed by atoms with van der Waals surface area (Å²) in [6.07, 6.45) is 12.1. The Bertz CT molecular complexity index is 341. The maximum atomic E-state index is 3.97. The van der Waals surface area contributed by atoms with Crippen LogP contribution in [-0.2, 0) is 0 Å². The summed E-state index contributed by atoms with van der Waals surface area (Å²) in [5.74, 6) is 0.997. The molecule has 1 N–H and O–H groups in total. The minimum Gasteiger partial charge on any atom is -0.316 e. The van der Waals surface area contributed by atoms with E-state index in [0.717, 1.165) is 12.3 Å². The van der Waals surface area contributed by atoms with Crippen molar-refractivity contribution in [1.82, 2.24) is 5.32 Å². The lowest BCUT2D eigenvalue weighted by Gasteiger charge is -2.67. The van der Waals surface area contributed by atoms with Gasteiger partial charge in [-0.3, -0.25) is 0 Å². The Morgan fingerprint density at radius 3 is 2.22 bits per heavy atom. The molecule has 0 amide bonds. The average molecular weight is 247 g/mol. The Hall–Kier alpha value is -0.300. The summed E-state index contributed by atoms with van der Waals surface area (Å²) in [4.78, 5) is 0. The van der Waals surface area contributed by atoms with Gasteiger partial charge in [0.05, 0.1) is 0 Å². The maximum Gasteiger partial charge on any atom is 0.0155 e. The molecule has 0 aromatic carbocycles. The lowest BCUT2D eigenvalue weighted by Crippen LogP contribution is -2.60. The lowest BCUT2D eigenvalue weighted by atomic mass is 9.39. The monoisotopic (exact) mass is 247 g/mol. The second-order valence-corrected chi connectivity index (χ2v) is 8.36. The number of hydrogen-bond donors (Lipinski definition) is 1. The van der Waals surface area contributed by atoms with Crippen LogP contribution < -0.4 is 5.32 Å². The second-order valence-electron chi connectivity index (χ2n) is 8.36. The predicted molar refractivity (Wildman–Crippen MR) is 77.5 cm³/mol. The first-order valence-corrected chi connectivity index (χ1v) is 7.71. The van der Waals surface area contributed by atoms with Crippen LogP contribution in [0, 0.1) is 22.2 Å². The smallest absolute Gasteiger partial charge is 0.0155 e. The lowest BCUT2D eigenvalue weighted by molar-refractivity contribution is -0.156. The molecule has 0 saturated heterocycles. The first kappa shape index (κ1) is 12.7. The standard InChI is InChI=1S/C17H29N/c1-5-6-14(18-4)17-9-13-7-15(2,11-17)10-16(3,8-13)12-17/h5,13-14,18H,1,6-12H2,2-4H3. The van der Waals surface area contributed by atoms with Crippen molar-refractivity contribution in [2.24, 2.45) is 22.2 Å². The summed E-state index contributed by atoms with van der Waals surface area (Å²) < 4.78 is 0. The number of hydrogen-bond acceptors (Lipinski definition) is 1. The fraction of sp³-hybridized carbons (Fsp3) is 0.882. The van der Waals surface area contributed by atoms with Crippen molar-refractivity contribution in [3.8, 4) is 0 Å². The van der Waals surface area contributed by atoms with Gasteiger partial charge in [0.25, 0.3) is 0 Å². The van der Waals surface area contributed by atoms with Crippen molar-refractivity contribution in [3.05, 3.63) is 12.7 Å². The summed E-state index contributed by atoms with van der Waals surface area (Å²) in [5.41, 5.74) is 1.82. The van der Waals surface area contributed by atoms with E-state index in [0.29, 0.717) is 22.3 Å². The molecule has 4 fully saturated rings. The minimum absolute atomic E-state index is 0.561. The molecule has 4 aliphatic carbocycles. The molecule has 0 aromatic rings. The quantitative estimate of drug-likeness (QED) is 0.736. The Morgan fingerprint density at radius 1 is 1.17 bits per heavy atom. The summed E-state index contributed by atoms with van der Waals surface area (Å²) in [6.45, 7) is 9.09. The molecular formula is C17H29N. The molecule has 0 aromatic heterocycles. The minimum atomic E-state index is 0.561. The third-order valence-electron chi connectivity index (χ3n) is 6.16. The molecular weight excluding hydrogens is 218 g/mol. The first-order chi connectivity index (χ1) is 8.43. The van der Waals surface area contributed by atoms with E-state index < -0.39 is 0 Å². The van der Waals surface area contributed by atoms with Crippen LogP contribution in [0.1, 0.15) is 58.8 Å². The van der Waals surface area contributed by atoms with Gasteiger partial charge in [0.1, 0.15) is 0 Å². The van der Waals surface area contributed by atoms with E-state index in [1.807, 2.05) is 0 Å². The Labute approximate surface area is 112 Å². The van der Waals surface area contributed by atoms with Crippen LogP contribution in [0.3, 0.4) is 0 Å². The van der Waals surface area contributed by atoms with Gasteiger partial charge < -0.3 is 5.32 Å². The van der Waals surface area contributed by atoms with Crippen molar-refractivity contribution in [1.29, 1.82) is 0 Å². The van der Waals surface area contributed by atoms with E-state index >= 15 is 0 Å². The molecule has 4 saturated carbocycles. The van der Waals surface area contributed by atoms with Gasteiger partial charge in [0, 0.05) is 6.04 Å². The van der Waals surface area contributed by atoms with Gasteiger partial charge in [-0.05, 0) is 74.2 Å². The van der Waals surface area contributed by atoms with E-state index in [1.54, 1.807) is 0 Å². The van der Waals surface area contributed by atoms with Crippen LogP contribution in [0.25, 0.3) is 0 Å². The zero-order valence-electron chi connectivity index (χ0n) is 12.4. The third-order valence-corrected chi connectivity index (χ3v) is 6.16. The van der Waals surface area contributed by atoms with Gasteiger partial charge in [-0.15, -0.1) is 6.58 Å². The average Bonchev–Trinajstić information content (AvgIpc) is 2.20. The van der Waals surface area contributed by atoms with Gasteiger partial charge in [0.2, 0.25) is 0 Å². The van der Waals surface area contributed by atoms with Gasteiger partial charge in [-0.25, -0.2) is 0 Å². The Kier molecular flexibility index (Phi) is 2.72. The van der Waals surface area contributed by atoms with Gasteiger partial charge >= 0.3 is 0 Å². The highest BCUT2D eigenvalue weighted by atomic mass is 14.9. The molecule has 18 heavy (non-hydrogen) atoms. The Morgan fingerprint density at radius 2 is 1.78 bits per heavy atom. The van der Waals surface area contributed by atoms with E-state index in [9.17, 15) is 0 Å². The van der Waals surface area contributed by atoms with E-state index in [-0.39, 0.29) is 0 Å². The van der Waals surface area contributed by atoms with E-state index in [2.05, 4.69) is 38.9 Å². The zero-order chi connectivity index (χ0) is 13.0. The largest absolute Gasteiger partial charge is 0.316 e. The SMILES string of the molecule is C=CCC(NC)C12CC3CC(C)(CC(C)(C3)C1)C2. The molecule has 102 valence electrons. The highest BCUT2D eigenvalue weighted by Crippen LogP contribution is 2.70. The van der Waals surface area contributed by atoms with Crippen LogP contribution >= 0.6 is 0 Å². The predicted octanol–water partition coefficient (Wildman–Crippen LogP) is 4.15. The number of rotatable bonds is 4. The van der Waals surface area contributed by atoms with Crippen molar-refractivity contribution in [2.75, 3.05) is 7.05 Å². The molecule has 1 heteroatoms. The fourth-order valence-corrected chi connectivity index (χ4v) is 6.77. The Balaban J connectivity index is 1.95. The summed E-state index contributed by atoms with van der Waals surface area (Å²) in [5, 5.41) is 3.62. The van der Waals surface area contributed by atoms with Crippen LogP contribution in [0.4, 0.5) is 0 Å². The molecule has 3 atom stereocenters. The topological polar surface area (TPSA) is 12.0 Å². The zero-order valence-corrected chi connectivity index (χ0v) is 12.4.